The summed E-state index contributed by atoms with van der Waals surface area (Å²) in [4.78, 5) is 30.1. The Balaban J connectivity index is 1.61. The number of nitrogens with zero attached hydrogens (tertiary/aromatic N) is 3. The highest BCUT2D eigenvalue weighted by atomic mass is 79.9. The van der Waals surface area contributed by atoms with Crippen LogP contribution in [0.1, 0.15) is 24.7 Å². The molecule has 0 fully saturated rings. The number of hydrogen-bond donors (Lipinski definition) is 1. The molecular formula is C26H21BrClFN4O3. The first-order valence-corrected chi connectivity index (χ1v) is 12.2. The standard InChI is InChI=1S/C26H21BrClFN4O3/c1-2-5-24-31-21-10-8-17(27)13-19(21)26(35)33(24)30-14-16-12-18(28)9-11-23(16)36-15-25(34)32-22-7-4-3-6-20(22)29/h3-4,6-14H,2,5,15H2,1H3,(H,32,34). The van der Waals surface area contributed by atoms with Gasteiger partial charge in [-0.25, -0.2) is 9.37 Å². The van der Waals surface area contributed by atoms with E-state index in [1.165, 1.54) is 29.1 Å². The lowest BCUT2D eigenvalue weighted by atomic mass is 10.2. The highest BCUT2D eigenvalue weighted by molar-refractivity contribution is 9.10. The van der Waals surface area contributed by atoms with E-state index in [1.807, 2.05) is 13.0 Å². The normalized spacial score (nSPS) is 11.2. The van der Waals surface area contributed by atoms with Crippen LogP contribution in [-0.4, -0.2) is 28.4 Å². The monoisotopic (exact) mass is 570 g/mol. The van der Waals surface area contributed by atoms with Crippen molar-refractivity contribution in [1.29, 1.82) is 0 Å². The van der Waals surface area contributed by atoms with Crippen LogP contribution in [0.2, 0.25) is 5.02 Å². The predicted octanol–water partition coefficient (Wildman–Crippen LogP) is 5.80. The number of nitrogens with one attached hydrogen (secondary N) is 1. The smallest absolute Gasteiger partial charge is 0.282 e. The third-order valence-corrected chi connectivity index (χ3v) is 5.87. The molecule has 1 heterocycles. The summed E-state index contributed by atoms with van der Waals surface area (Å²) in [6.07, 6.45) is 2.75. The van der Waals surface area contributed by atoms with Crippen LogP contribution in [-0.2, 0) is 11.2 Å². The maximum atomic E-state index is 13.8. The molecule has 1 N–H and O–H groups in total. The molecule has 0 aliphatic rings. The van der Waals surface area contributed by atoms with Crippen LogP contribution in [0.4, 0.5) is 10.1 Å². The summed E-state index contributed by atoms with van der Waals surface area (Å²) in [6.45, 7) is 1.62. The fourth-order valence-corrected chi connectivity index (χ4v) is 4.00. The molecule has 4 rings (SSSR count). The van der Waals surface area contributed by atoms with Crippen LogP contribution in [0.3, 0.4) is 0 Å². The van der Waals surface area contributed by atoms with Gasteiger partial charge in [0.25, 0.3) is 11.5 Å². The lowest BCUT2D eigenvalue weighted by Gasteiger charge is -2.11. The minimum atomic E-state index is -0.547. The highest BCUT2D eigenvalue weighted by Gasteiger charge is 2.12. The van der Waals surface area contributed by atoms with Crippen molar-refractivity contribution < 1.29 is 13.9 Å². The van der Waals surface area contributed by atoms with Gasteiger partial charge in [0.1, 0.15) is 17.4 Å². The number of aromatic nitrogens is 2. The van der Waals surface area contributed by atoms with E-state index in [0.717, 1.165) is 10.9 Å². The van der Waals surface area contributed by atoms with Gasteiger partial charge in [-0.2, -0.15) is 9.78 Å². The Kier molecular flexibility index (Phi) is 8.12. The molecule has 36 heavy (non-hydrogen) atoms. The summed E-state index contributed by atoms with van der Waals surface area (Å²) >= 11 is 9.56. The zero-order chi connectivity index (χ0) is 25.7. The minimum absolute atomic E-state index is 0.0576. The average molecular weight is 572 g/mol. The number of fused-ring (bicyclic) bond motifs is 1. The van der Waals surface area contributed by atoms with E-state index < -0.39 is 11.7 Å². The van der Waals surface area contributed by atoms with E-state index in [4.69, 9.17) is 16.3 Å². The maximum Gasteiger partial charge on any atom is 0.282 e. The summed E-state index contributed by atoms with van der Waals surface area (Å²) < 4.78 is 21.5. The number of halogens is 3. The molecule has 4 aromatic rings. The van der Waals surface area contributed by atoms with Crippen LogP contribution >= 0.6 is 27.5 Å². The van der Waals surface area contributed by atoms with E-state index in [2.05, 4.69) is 31.3 Å². The Morgan fingerprint density at radius 1 is 1.22 bits per heavy atom. The van der Waals surface area contributed by atoms with Crippen molar-refractivity contribution in [2.45, 2.75) is 19.8 Å². The van der Waals surface area contributed by atoms with Crippen molar-refractivity contribution in [3.8, 4) is 5.75 Å². The largest absolute Gasteiger partial charge is 0.483 e. The Hall–Kier alpha value is -3.56. The van der Waals surface area contributed by atoms with Gasteiger partial charge >= 0.3 is 0 Å². The van der Waals surface area contributed by atoms with Crippen molar-refractivity contribution in [2.24, 2.45) is 5.10 Å². The molecule has 0 bridgehead atoms. The van der Waals surface area contributed by atoms with Gasteiger partial charge in [0.15, 0.2) is 6.61 Å². The summed E-state index contributed by atoms with van der Waals surface area (Å²) in [5.41, 5.74) is 0.785. The molecule has 1 amide bonds. The zero-order valence-corrected chi connectivity index (χ0v) is 21.5. The molecule has 3 aromatic carbocycles. The van der Waals surface area contributed by atoms with Gasteiger partial charge in [-0.1, -0.05) is 46.6 Å². The SMILES string of the molecule is CCCc1nc2ccc(Br)cc2c(=O)n1N=Cc1cc(Cl)ccc1OCC(=O)Nc1ccccc1F. The van der Waals surface area contributed by atoms with Gasteiger partial charge in [0.2, 0.25) is 0 Å². The fraction of sp³-hybridized carbons (Fsp3) is 0.154. The number of benzene rings is 3. The quantitative estimate of drug-likeness (QED) is 0.271. The maximum absolute atomic E-state index is 13.8. The number of carbonyl (C=O) groups is 1. The molecule has 0 saturated carbocycles. The Bertz CT molecular complexity index is 1520. The van der Waals surface area contributed by atoms with Gasteiger partial charge in [0, 0.05) is 21.5 Å². The van der Waals surface area contributed by atoms with E-state index in [9.17, 15) is 14.0 Å². The van der Waals surface area contributed by atoms with E-state index in [0.29, 0.717) is 39.5 Å². The number of carbonyl (C=O) groups excluding carboxylic acids is 1. The van der Waals surface area contributed by atoms with E-state index in [-0.39, 0.29) is 17.9 Å². The van der Waals surface area contributed by atoms with Gasteiger partial charge in [0.05, 0.1) is 22.8 Å². The first kappa shape index (κ1) is 25.5. The summed E-state index contributed by atoms with van der Waals surface area (Å²) in [5, 5.41) is 7.70. The van der Waals surface area contributed by atoms with Crippen LogP contribution in [0, 0.1) is 5.82 Å². The molecule has 7 nitrogen and oxygen atoms in total. The topological polar surface area (TPSA) is 85.6 Å². The fourth-order valence-electron chi connectivity index (χ4n) is 3.46. The number of rotatable bonds is 8. The number of amides is 1. The Morgan fingerprint density at radius 2 is 2.03 bits per heavy atom. The van der Waals surface area contributed by atoms with Crippen LogP contribution in [0.15, 0.2) is 75.0 Å². The number of ether oxygens (including phenoxy) is 1. The van der Waals surface area contributed by atoms with Gasteiger partial charge < -0.3 is 10.1 Å². The van der Waals surface area contributed by atoms with Gasteiger partial charge in [-0.05, 0) is 55.0 Å². The minimum Gasteiger partial charge on any atom is -0.483 e. The molecule has 184 valence electrons. The summed E-state index contributed by atoms with van der Waals surface area (Å²) in [6, 6.07) is 16.0. The number of hydrogen-bond acceptors (Lipinski definition) is 5. The molecule has 0 saturated heterocycles. The first-order valence-electron chi connectivity index (χ1n) is 11.1. The predicted molar refractivity (Wildman–Crippen MR) is 143 cm³/mol. The molecule has 0 unspecified atom stereocenters. The molecule has 0 aliphatic carbocycles. The van der Waals surface area contributed by atoms with Crippen LogP contribution < -0.4 is 15.6 Å². The molecule has 0 spiro atoms. The second-order valence-corrected chi connectivity index (χ2v) is 9.15. The molecule has 0 aliphatic heterocycles. The number of anilines is 1. The lowest BCUT2D eigenvalue weighted by molar-refractivity contribution is -0.118. The molecule has 0 radical (unpaired) electrons. The second-order valence-electron chi connectivity index (χ2n) is 7.80. The highest BCUT2D eigenvalue weighted by Crippen LogP contribution is 2.22. The Morgan fingerprint density at radius 3 is 2.81 bits per heavy atom. The summed E-state index contributed by atoms with van der Waals surface area (Å²) in [7, 11) is 0. The van der Waals surface area contributed by atoms with Crippen molar-refractivity contribution in [3.05, 3.63) is 97.7 Å². The number of aryl methyl sites for hydroxylation is 1. The average Bonchev–Trinajstić information content (AvgIpc) is 2.85. The van der Waals surface area contributed by atoms with E-state index >= 15 is 0 Å². The van der Waals surface area contributed by atoms with Crippen LogP contribution in [0.25, 0.3) is 10.9 Å². The Labute approximate surface area is 219 Å². The molecule has 1 aromatic heterocycles. The van der Waals surface area contributed by atoms with Crippen molar-refractivity contribution in [3.63, 3.8) is 0 Å². The summed E-state index contributed by atoms with van der Waals surface area (Å²) in [5.74, 6) is -0.256. The number of para-hydroxylation sites is 1. The third kappa shape index (κ3) is 5.98. The van der Waals surface area contributed by atoms with E-state index in [1.54, 1.807) is 36.4 Å². The molecular weight excluding hydrogens is 551 g/mol. The van der Waals surface area contributed by atoms with Gasteiger partial charge in [-0.3, -0.25) is 9.59 Å². The first-order chi connectivity index (χ1) is 17.4. The zero-order valence-electron chi connectivity index (χ0n) is 19.2. The van der Waals surface area contributed by atoms with Gasteiger partial charge in [-0.15, -0.1) is 0 Å². The van der Waals surface area contributed by atoms with Crippen molar-refractivity contribution in [1.82, 2.24) is 9.66 Å². The second kappa shape index (κ2) is 11.5. The van der Waals surface area contributed by atoms with Crippen molar-refractivity contribution >= 4 is 56.2 Å². The molecule has 0 atom stereocenters. The lowest BCUT2D eigenvalue weighted by Crippen LogP contribution is -2.22. The molecule has 10 heteroatoms. The van der Waals surface area contributed by atoms with Crippen molar-refractivity contribution in [2.75, 3.05) is 11.9 Å². The van der Waals surface area contributed by atoms with Crippen LogP contribution in [0.5, 0.6) is 5.75 Å². The third-order valence-electron chi connectivity index (χ3n) is 5.14.